The van der Waals surface area contributed by atoms with E-state index in [1.165, 1.54) is 0 Å². The van der Waals surface area contributed by atoms with E-state index in [4.69, 9.17) is 4.74 Å². The van der Waals surface area contributed by atoms with Crippen molar-refractivity contribution in [2.75, 3.05) is 31.3 Å². The molecule has 0 fully saturated rings. The summed E-state index contributed by atoms with van der Waals surface area (Å²) in [6.07, 6.45) is 1.04. The number of ether oxygens (including phenoxy) is 1. The number of aromatic nitrogens is 2. The second kappa shape index (κ2) is 7.46. The first-order valence-electron chi connectivity index (χ1n) is 5.47. The van der Waals surface area contributed by atoms with Crippen molar-refractivity contribution in [2.24, 2.45) is 0 Å². The van der Waals surface area contributed by atoms with Crippen LogP contribution in [0.1, 0.15) is 19.2 Å². The predicted octanol–water partition coefficient (Wildman–Crippen LogP) is 2.35. The molecule has 0 unspecified atom stereocenters. The van der Waals surface area contributed by atoms with Crippen molar-refractivity contribution in [3.63, 3.8) is 0 Å². The summed E-state index contributed by atoms with van der Waals surface area (Å²) in [6.45, 7) is 5.66. The van der Waals surface area contributed by atoms with Crippen LogP contribution in [0.15, 0.2) is 11.1 Å². The van der Waals surface area contributed by atoms with Crippen molar-refractivity contribution in [3.05, 3.63) is 11.9 Å². The maximum atomic E-state index is 5.01. The van der Waals surface area contributed by atoms with E-state index in [1.807, 2.05) is 13.0 Å². The van der Waals surface area contributed by atoms with E-state index in [9.17, 15) is 0 Å². The molecule has 0 spiro atoms. The Morgan fingerprint density at radius 1 is 1.44 bits per heavy atom. The standard InChI is InChI=1S/C11H19N3OS/c1-4-12-10-8-11(14-9(2)13-10)16-7-5-6-15-3/h8H,4-7H2,1-3H3,(H,12,13,14). The molecule has 1 rings (SSSR count). The molecule has 5 heteroatoms. The van der Waals surface area contributed by atoms with E-state index in [2.05, 4.69) is 22.2 Å². The zero-order chi connectivity index (χ0) is 11.8. The average molecular weight is 241 g/mol. The van der Waals surface area contributed by atoms with Gasteiger partial charge in [-0.05, 0) is 20.3 Å². The minimum atomic E-state index is 0.803. The normalized spacial score (nSPS) is 10.4. The van der Waals surface area contributed by atoms with Gasteiger partial charge in [-0.15, -0.1) is 11.8 Å². The first-order chi connectivity index (χ1) is 7.76. The lowest BCUT2D eigenvalue weighted by Gasteiger charge is -2.06. The maximum absolute atomic E-state index is 5.01. The highest BCUT2D eigenvalue weighted by Gasteiger charge is 2.01. The van der Waals surface area contributed by atoms with Crippen LogP contribution in [0.5, 0.6) is 0 Å². The van der Waals surface area contributed by atoms with Crippen LogP contribution in [0, 0.1) is 6.92 Å². The van der Waals surface area contributed by atoms with Gasteiger partial charge in [0.1, 0.15) is 16.7 Å². The van der Waals surface area contributed by atoms with Crippen molar-refractivity contribution >= 4 is 17.6 Å². The van der Waals surface area contributed by atoms with Gasteiger partial charge >= 0.3 is 0 Å². The number of hydrogen-bond acceptors (Lipinski definition) is 5. The maximum Gasteiger partial charge on any atom is 0.130 e. The molecule has 1 N–H and O–H groups in total. The minimum Gasteiger partial charge on any atom is -0.385 e. The van der Waals surface area contributed by atoms with Crippen molar-refractivity contribution in [2.45, 2.75) is 25.3 Å². The van der Waals surface area contributed by atoms with Gasteiger partial charge in [-0.25, -0.2) is 9.97 Å². The summed E-state index contributed by atoms with van der Waals surface area (Å²) in [6, 6.07) is 1.99. The molecule has 0 radical (unpaired) electrons. The van der Waals surface area contributed by atoms with Crippen molar-refractivity contribution < 1.29 is 4.74 Å². The molecular formula is C11H19N3OS. The number of nitrogens with zero attached hydrogens (tertiary/aromatic N) is 2. The summed E-state index contributed by atoms with van der Waals surface area (Å²) in [5.74, 6) is 2.74. The van der Waals surface area contributed by atoms with Gasteiger partial charge in [0.25, 0.3) is 0 Å². The highest BCUT2D eigenvalue weighted by Crippen LogP contribution is 2.19. The van der Waals surface area contributed by atoms with E-state index in [-0.39, 0.29) is 0 Å². The Labute approximate surface area is 101 Å². The zero-order valence-electron chi connectivity index (χ0n) is 10.1. The van der Waals surface area contributed by atoms with Crippen LogP contribution in [0.4, 0.5) is 5.82 Å². The van der Waals surface area contributed by atoms with Crippen molar-refractivity contribution in [1.82, 2.24) is 9.97 Å². The molecule has 0 aliphatic rings. The molecule has 0 saturated carbocycles. The van der Waals surface area contributed by atoms with E-state index < -0.39 is 0 Å². The van der Waals surface area contributed by atoms with Crippen LogP contribution >= 0.6 is 11.8 Å². The summed E-state index contributed by atoms with van der Waals surface area (Å²) >= 11 is 1.74. The highest BCUT2D eigenvalue weighted by atomic mass is 32.2. The zero-order valence-corrected chi connectivity index (χ0v) is 10.9. The molecule has 0 saturated heterocycles. The Kier molecular flexibility index (Phi) is 6.18. The molecule has 16 heavy (non-hydrogen) atoms. The van der Waals surface area contributed by atoms with Crippen molar-refractivity contribution in [3.8, 4) is 0 Å². The third-order valence-corrected chi connectivity index (χ3v) is 2.91. The number of nitrogens with one attached hydrogen (secondary N) is 1. The Hall–Kier alpha value is -0.810. The lowest BCUT2D eigenvalue weighted by Crippen LogP contribution is -2.02. The van der Waals surface area contributed by atoms with E-state index in [1.54, 1.807) is 18.9 Å². The molecule has 4 nitrogen and oxygen atoms in total. The average Bonchev–Trinajstić information content (AvgIpc) is 2.24. The van der Waals surface area contributed by atoms with Crippen molar-refractivity contribution in [1.29, 1.82) is 0 Å². The Balaban J connectivity index is 2.51. The monoisotopic (exact) mass is 241 g/mol. The molecule has 0 amide bonds. The first-order valence-corrected chi connectivity index (χ1v) is 6.46. The van der Waals surface area contributed by atoms with Crippen LogP contribution in [0.25, 0.3) is 0 Å². The van der Waals surface area contributed by atoms with Gasteiger partial charge in [-0.3, -0.25) is 0 Å². The molecule has 0 aromatic carbocycles. The van der Waals surface area contributed by atoms with Gasteiger partial charge in [0.2, 0.25) is 0 Å². The highest BCUT2D eigenvalue weighted by molar-refractivity contribution is 7.99. The summed E-state index contributed by atoms with van der Waals surface area (Å²) in [4.78, 5) is 8.69. The van der Waals surface area contributed by atoms with E-state index in [0.29, 0.717) is 0 Å². The molecule has 0 aliphatic heterocycles. The Morgan fingerprint density at radius 3 is 2.94 bits per heavy atom. The van der Waals surface area contributed by atoms with Gasteiger partial charge in [-0.2, -0.15) is 0 Å². The largest absolute Gasteiger partial charge is 0.385 e. The third-order valence-electron chi connectivity index (χ3n) is 1.92. The second-order valence-electron chi connectivity index (χ2n) is 3.36. The number of methoxy groups -OCH3 is 1. The van der Waals surface area contributed by atoms with Crippen LogP contribution in [-0.2, 0) is 4.74 Å². The fourth-order valence-electron chi connectivity index (χ4n) is 1.27. The van der Waals surface area contributed by atoms with Gasteiger partial charge < -0.3 is 10.1 Å². The molecule has 0 atom stereocenters. The Bertz CT molecular complexity index is 320. The number of aryl methyl sites for hydroxylation is 1. The fraction of sp³-hybridized carbons (Fsp3) is 0.636. The molecular weight excluding hydrogens is 222 g/mol. The quantitative estimate of drug-likeness (QED) is 0.451. The molecule has 1 heterocycles. The third kappa shape index (κ3) is 4.81. The summed E-state index contributed by atoms with van der Waals surface area (Å²) in [5.41, 5.74) is 0. The second-order valence-corrected chi connectivity index (χ2v) is 4.48. The predicted molar refractivity (Wildman–Crippen MR) is 68.1 cm³/mol. The van der Waals surface area contributed by atoms with Gasteiger partial charge in [0.05, 0.1) is 0 Å². The van der Waals surface area contributed by atoms with Gasteiger partial charge in [-0.1, -0.05) is 0 Å². The lowest BCUT2D eigenvalue weighted by molar-refractivity contribution is 0.200. The fourth-order valence-corrected chi connectivity index (χ4v) is 2.13. The molecule has 90 valence electrons. The number of rotatable bonds is 7. The minimum absolute atomic E-state index is 0.803. The van der Waals surface area contributed by atoms with Crippen LogP contribution in [-0.4, -0.2) is 36.0 Å². The lowest BCUT2D eigenvalue weighted by atomic mass is 10.5. The summed E-state index contributed by atoms with van der Waals surface area (Å²) in [7, 11) is 1.72. The molecule has 0 aliphatic carbocycles. The van der Waals surface area contributed by atoms with Crippen LogP contribution in [0.2, 0.25) is 0 Å². The van der Waals surface area contributed by atoms with Crippen LogP contribution in [0.3, 0.4) is 0 Å². The first kappa shape index (κ1) is 13.3. The van der Waals surface area contributed by atoms with Gasteiger partial charge in [0.15, 0.2) is 0 Å². The number of anilines is 1. The number of hydrogen-bond donors (Lipinski definition) is 1. The smallest absolute Gasteiger partial charge is 0.130 e. The van der Waals surface area contributed by atoms with Gasteiger partial charge in [0, 0.05) is 32.1 Å². The SMILES string of the molecule is CCNc1cc(SCCCOC)nc(C)n1. The van der Waals surface area contributed by atoms with E-state index >= 15 is 0 Å². The van der Waals surface area contributed by atoms with E-state index in [0.717, 1.165) is 42.0 Å². The summed E-state index contributed by atoms with van der Waals surface area (Å²) < 4.78 is 5.01. The summed E-state index contributed by atoms with van der Waals surface area (Å²) in [5, 5.41) is 4.23. The Morgan fingerprint density at radius 2 is 2.25 bits per heavy atom. The van der Waals surface area contributed by atoms with Crippen LogP contribution < -0.4 is 5.32 Å². The number of thioether (sulfide) groups is 1. The molecule has 0 bridgehead atoms. The topological polar surface area (TPSA) is 47.0 Å². The molecule has 1 aromatic rings. The molecule has 1 aromatic heterocycles.